The standard InChI is InChI=1S/C62H99N21O28S/c1-27(2)15-34(55(105)80-39(21-48(97)98)60(110)83-41(25-85)61(111)76-33(11-14-112-3)54(104)74-31(7-4-5-12-63)52(102)79-37(19-46(93)94)57(107)73-30(49(65)99)9-10-43(87)88)72-42(86)23-70-51(101)40(24-84)82-59(109)38(20-47(95)96)81-56(106)35(16-28-22-68-26-71-28)78-53(103)32(8-6-13-69-62(66)67)75-58(108)36(18-45(91)92)77-50(100)29(64)17-44(89)90/h22,26-27,29-41,84-85H,4-21,23-25,63-64H2,1-3H3,(H2,65,99)(H,68,71)(H,70,101)(H,72,86)(H,73,107)(H,74,104)(H,75,108)(H,76,111)(H,77,100)(H,78,103)(H,79,102)(H,80,105)(H,81,106)(H,82,109)(H,83,110)(H,87,88)(H,89,90)(H,91,92)(H,93,94)(H,95,96)(H,97,98)(H4,66,67,69)/t29-,30-,31-,32-,33-,34-,35-,36-,37-,38-,39-,40-,41-/m0/s1. The SMILES string of the molecule is CSCC[C@H](NC(=O)[C@H](CO)NC(=O)[C@H](CC(=O)O)NC(=O)[C@H](CC(C)C)NC(=O)CNC(=O)[C@H](CO)NC(=O)[C@H](CC(=O)O)NC(=O)[C@H](Cc1cnc[nH]1)NC(=O)[C@H](CCCN=C(N)N)NC(=O)[C@H](CC(=O)O)NC(=O)[C@@H](N)CC(=O)O)C(=O)N[C@@H](CCCCN)C(=O)N[C@@H](CC(=O)O)C(=O)N[C@@H](CCC(=O)O)C(N)=O. The summed E-state index contributed by atoms with van der Waals surface area (Å²) in [6.07, 6.45) is -4.15. The Balaban J connectivity index is 3.45. The molecule has 0 unspecified atom stereocenters. The minimum Gasteiger partial charge on any atom is -0.481 e. The number of carbonyl (C=O) groups is 20. The molecule has 0 radical (unpaired) electrons. The lowest BCUT2D eigenvalue weighted by atomic mass is 10.0. The molecular formula is C62H99N21O28S. The number of aliphatic carboxylic acids is 6. The number of aliphatic hydroxyl groups is 2. The van der Waals surface area contributed by atoms with Crippen molar-refractivity contribution in [3.05, 3.63) is 18.2 Å². The van der Waals surface area contributed by atoms with Crippen molar-refractivity contribution in [3.63, 3.8) is 0 Å². The van der Waals surface area contributed by atoms with Crippen LogP contribution < -0.4 is 97.8 Å². The Hall–Kier alpha value is -11.9. The third-order valence-electron chi connectivity index (χ3n) is 15.5. The highest BCUT2D eigenvalue weighted by Gasteiger charge is 2.39. The van der Waals surface area contributed by atoms with E-state index in [2.05, 4.69) is 73.4 Å². The van der Waals surface area contributed by atoms with Gasteiger partial charge in [-0.15, -0.1) is 0 Å². The third-order valence-corrected chi connectivity index (χ3v) is 16.2. The lowest BCUT2D eigenvalue weighted by Crippen LogP contribution is -2.61. The molecule has 1 rings (SSSR count). The maximum Gasteiger partial charge on any atom is 0.305 e. The van der Waals surface area contributed by atoms with Gasteiger partial charge in [0.25, 0.3) is 0 Å². The number of rotatable bonds is 57. The highest BCUT2D eigenvalue weighted by molar-refractivity contribution is 7.98. The maximum absolute atomic E-state index is 14.1. The van der Waals surface area contributed by atoms with Gasteiger partial charge in [-0.2, -0.15) is 11.8 Å². The van der Waals surface area contributed by atoms with E-state index in [9.17, 15) is 127 Å². The predicted octanol–water partition coefficient (Wildman–Crippen LogP) is -12.1. The number of aromatic amines is 1. The van der Waals surface area contributed by atoms with Gasteiger partial charge in [0.2, 0.25) is 82.7 Å². The number of H-pyrrole nitrogens is 1. The van der Waals surface area contributed by atoms with Crippen molar-refractivity contribution in [2.75, 3.05) is 44.9 Å². The van der Waals surface area contributed by atoms with E-state index in [0.29, 0.717) is 0 Å². The average molecular weight is 1620 g/mol. The molecule has 32 N–H and O–H groups in total. The number of nitrogens with one attached hydrogen (secondary N) is 14. The lowest BCUT2D eigenvalue weighted by molar-refractivity contribution is -0.142. The molecule has 0 fully saturated rings. The number of carbonyl (C=O) groups excluding carboxylic acids is 14. The van der Waals surface area contributed by atoms with Crippen LogP contribution in [-0.2, 0) is 102 Å². The van der Waals surface area contributed by atoms with Crippen LogP contribution >= 0.6 is 11.8 Å². The smallest absolute Gasteiger partial charge is 0.305 e. The number of unbranched alkanes of at least 4 members (excludes halogenated alkanes) is 1. The topological polar surface area (TPSA) is 831 Å². The minimum absolute atomic E-state index is 0.0952. The second-order valence-electron chi connectivity index (χ2n) is 25.2. The van der Waals surface area contributed by atoms with Crippen LogP contribution in [0.2, 0.25) is 0 Å². The summed E-state index contributed by atoms with van der Waals surface area (Å²) in [4.78, 5) is 270. The first-order chi connectivity index (χ1) is 52.5. The van der Waals surface area contributed by atoms with E-state index >= 15 is 0 Å². The van der Waals surface area contributed by atoms with Crippen molar-refractivity contribution in [2.24, 2.45) is 39.6 Å². The van der Waals surface area contributed by atoms with Crippen molar-refractivity contribution in [1.82, 2.24) is 79.1 Å². The Morgan fingerprint density at radius 1 is 0.446 bits per heavy atom. The highest BCUT2D eigenvalue weighted by Crippen LogP contribution is 2.12. The predicted molar refractivity (Wildman–Crippen MR) is 383 cm³/mol. The van der Waals surface area contributed by atoms with Gasteiger partial charge in [0.15, 0.2) is 5.96 Å². The molecule has 1 aromatic heterocycles. The number of nitrogens with two attached hydrogens (primary N) is 5. The van der Waals surface area contributed by atoms with Crippen LogP contribution in [0.1, 0.15) is 109 Å². The average Bonchev–Trinajstić information content (AvgIpc) is 1.16. The Morgan fingerprint density at radius 2 is 0.821 bits per heavy atom. The van der Waals surface area contributed by atoms with Crippen LogP contribution in [0, 0.1) is 5.92 Å². The van der Waals surface area contributed by atoms with Gasteiger partial charge in [0, 0.05) is 31.3 Å². The molecule has 112 heavy (non-hydrogen) atoms. The molecule has 0 aliphatic rings. The van der Waals surface area contributed by atoms with E-state index in [1.807, 2.05) is 10.6 Å². The van der Waals surface area contributed by atoms with Gasteiger partial charge in [-0.05, 0) is 75.8 Å². The summed E-state index contributed by atoms with van der Waals surface area (Å²) in [7, 11) is 0. The molecular weight excluding hydrogens is 1520 g/mol. The van der Waals surface area contributed by atoms with E-state index in [1.54, 1.807) is 20.1 Å². The van der Waals surface area contributed by atoms with E-state index in [-0.39, 0.29) is 75.4 Å². The van der Waals surface area contributed by atoms with Gasteiger partial charge in [-0.3, -0.25) is 101 Å². The first-order valence-electron chi connectivity index (χ1n) is 34.3. The second kappa shape index (κ2) is 51.5. The Morgan fingerprint density at radius 3 is 1.21 bits per heavy atom. The summed E-state index contributed by atoms with van der Waals surface area (Å²) < 4.78 is 0. The van der Waals surface area contributed by atoms with Crippen LogP contribution in [0.4, 0.5) is 0 Å². The first kappa shape index (κ1) is 98.1. The molecule has 0 spiro atoms. The number of nitrogens with zero attached hydrogens (tertiary/aromatic N) is 2. The Bertz CT molecular complexity index is 3490. The summed E-state index contributed by atoms with van der Waals surface area (Å²) in [5.41, 5.74) is 27.4. The van der Waals surface area contributed by atoms with Gasteiger partial charge in [-0.25, -0.2) is 4.98 Å². The zero-order valence-electron chi connectivity index (χ0n) is 61.0. The zero-order chi connectivity index (χ0) is 85.1. The van der Waals surface area contributed by atoms with E-state index in [4.69, 9.17) is 38.9 Å². The maximum atomic E-state index is 14.1. The number of primary amides is 1. The molecule has 14 amide bonds. The highest BCUT2D eigenvalue weighted by atomic mass is 32.2. The number of hydrogen-bond acceptors (Lipinski definition) is 27. The molecule has 0 saturated heterocycles. The molecule has 13 atom stereocenters. The molecule has 1 aromatic rings. The summed E-state index contributed by atoms with van der Waals surface area (Å²) in [5.74, 6) is -28.2. The number of aliphatic imine (C=N–C) groups is 1. The number of imidazole rings is 1. The number of thioether (sulfide) groups is 1. The fourth-order valence-corrected chi connectivity index (χ4v) is 10.3. The van der Waals surface area contributed by atoms with E-state index in [1.165, 1.54) is 18.0 Å². The first-order valence-corrected chi connectivity index (χ1v) is 35.7. The fourth-order valence-electron chi connectivity index (χ4n) is 9.86. The quantitative estimate of drug-likeness (QED) is 0.0164. The van der Waals surface area contributed by atoms with Crippen LogP contribution in [0.25, 0.3) is 0 Å². The van der Waals surface area contributed by atoms with Crippen molar-refractivity contribution in [2.45, 2.75) is 189 Å². The van der Waals surface area contributed by atoms with Gasteiger partial charge < -0.3 is 144 Å². The monoisotopic (exact) mass is 1620 g/mol. The molecule has 49 nitrogen and oxygen atoms in total. The second-order valence-corrected chi connectivity index (χ2v) is 26.2. The Kier molecular flexibility index (Phi) is 45.1. The van der Waals surface area contributed by atoms with Crippen LogP contribution in [0.15, 0.2) is 17.5 Å². The number of hydrogen-bond donors (Lipinski definition) is 27. The lowest BCUT2D eigenvalue weighted by Gasteiger charge is -2.27. The molecule has 1 heterocycles. The van der Waals surface area contributed by atoms with Crippen LogP contribution in [-0.4, -0.2) is 299 Å². The largest absolute Gasteiger partial charge is 0.481 e. The van der Waals surface area contributed by atoms with Crippen LogP contribution in [0.3, 0.4) is 0 Å². The number of guanidine groups is 1. The molecule has 0 bridgehead atoms. The number of aliphatic hydroxyl groups excluding tert-OH is 2. The van der Waals surface area contributed by atoms with Gasteiger partial charge >= 0.3 is 35.8 Å². The van der Waals surface area contributed by atoms with Crippen LogP contribution in [0.5, 0.6) is 0 Å². The molecule has 0 aromatic carbocycles. The molecule has 0 aliphatic heterocycles. The number of amides is 14. The number of aromatic nitrogens is 2. The summed E-state index contributed by atoms with van der Waals surface area (Å²) in [5, 5.41) is 106. The normalized spacial score (nSPS) is 14.4. The van der Waals surface area contributed by atoms with Crippen molar-refractivity contribution in [3.8, 4) is 0 Å². The molecule has 0 saturated carbocycles. The van der Waals surface area contributed by atoms with E-state index < -0.39 is 274 Å². The molecule has 626 valence electrons. The molecule has 0 aliphatic carbocycles. The molecule has 50 heteroatoms. The van der Waals surface area contributed by atoms with Crippen molar-refractivity contribution in [1.29, 1.82) is 0 Å². The summed E-state index contributed by atoms with van der Waals surface area (Å²) in [6.45, 7) is -0.557. The zero-order valence-corrected chi connectivity index (χ0v) is 61.8. The van der Waals surface area contributed by atoms with E-state index in [0.717, 1.165) is 6.33 Å². The fraction of sp³-hybridized carbons (Fsp3) is 0.613. The summed E-state index contributed by atoms with van der Waals surface area (Å²) >= 11 is 1.17. The third kappa shape index (κ3) is 39.4. The number of carboxylic acid groups (broad SMARTS) is 6. The van der Waals surface area contributed by atoms with Crippen molar-refractivity contribution >= 4 is 136 Å². The van der Waals surface area contributed by atoms with Gasteiger partial charge in [0.1, 0.15) is 72.5 Å². The minimum atomic E-state index is -2.16. The Labute approximate surface area is 641 Å². The van der Waals surface area contributed by atoms with Crippen molar-refractivity contribution < 1.29 is 137 Å². The number of carboxylic acids is 6. The van der Waals surface area contributed by atoms with Gasteiger partial charge in [0.05, 0.1) is 64.2 Å². The summed E-state index contributed by atoms with van der Waals surface area (Å²) in [6, 6.07) is -24.1. The van der Waals surface area contributed by atoms with Gasteiger partial charge in [-0.1, -0.05) is 13.8 Å².